The van der Waals surface area contributed by atoms with Gasteiger partial charge in [-0.1, -0.05) is 33.8 Å². The van der Waals surface area contributed by atoms with E-state index < -0.39 is 0 Å². The van der Waals surface area contributed by atoms with E-state index in [1.165, 1.54) is 0 Å². The van der Waals surface area contributed by atoms with Gasteiger partial charge in [0.25, 0.3) is 0 Å². The molecule has 12 heavy (non-hydrogen) atoms. The molecule has 0 saturated heterocycles. The number of hydrogen-bond acceptors (Lipinski definition) is 1. The lowest BCUT2D eigenvalue weighted by Gasteiger charge is -2.25. The monoisotopic (exact) mass is 169 g/mol. The molecule has 0 spiro atoms. The van der Waals surface area contributed by atoms with Crippen LogP contribution < -0.4 is 5.73 Å². The highest BCUT2D eigenvalue weighted by atomic mass is 16.1. The van der Waals surface area contributed by atoms with Crippen LogP contribution in [0.5, 0.6) is 0 Å². The van der Waals surface area contributed by atoms with Crippen LogP contribution in [0.1, 0.15) is 34.6 Å². The van der Waals surface area contributed by atoms with Gasteiger partial charge in [-0.05, 0) is 18.3 Å². The Balaban J connectivity index is 4.61. The minimum absolute atomic E-state index is 0.0408. The minimum Gasteiger partial charge on any atom is -0.366 e. The van der Waals surface area contributed by atoms with E-state index in [1.807, 2.05) is 6.08 Å². The molecule has 0 fully saturated rings. The number of carbonyl (C=O) groups excluding carboxylic acids is 1. The highest BCUT2D eigenvalue weighted by Gasteiger charge is 2.20. The molecular weight excluding hydrogens is 150 g/mol. The van der Waals surface area contributed by atoms with E-state index in [9.17, 15) is 4.79 Å². The van der Waals surface area contributed by atoms with E-state index in [0.717, 1.165) is 0 Å². The minimum atomic E-state index is -0.330. The molecule has 2 nitrogen and oxygen atoms in total. The molecule has 0 heterocycles. The van der Waals surface area contributed by atoms with Crippen molar-refractivity contribution in [3.8, 4) is 0 Å². The van der Waals surface area contributed by atoms with Gasteiger partial charge in [-0.15, -0.1) is 0 Å². The number of primary amides is 1. The molecule has 0 aromatic rings. The van der Waals surface area contributed by atoms with Gasteiger partial charge in [0.1, 0.15) is 0 Å². The van der Waals surface area contributed by atoms with Gasteiger partial charge in [0.2, 0.25) is 5.91 Å². The van der Waals surface area contributed by atoms with Gasteiger partial charge >= 0.3 is 0 Å². The zero-order valence-electron chi connectivity index (χ0n) is 8.64. The fourth-order valence-electron chi connectivity index (χ4n) is 0.796. The molecule has 0 aliphatic heterocycles. The van der Waals surface area contributed by atoms with Crippen LogP contribution >= 0.6 is 0 Å². The third-order valence-corrected chi connectivity index (χ3v) is 2.47. The standard InChI is InChI=1S/C10H19NO/c1-7(2)10(4,5)6-8(3)9(11)12/h6-7H,1-5H3,(H2,11,12). The Morgan fingerprint density at radius 2 is 1.83 bits per heavy atom. The van der Waals surface area contributed by atoms with E-state index in [1.54, 1.807) is 6.92 Å². The van der Waals surface area contributed by atoms with Gasteiger partial charge in [-0.3, -0.25) is 4.79 Å². The predicted octanol–water partition coefficient (Wildman–Crippen LogP) is 2.10. The normalized spacial score (nSPS) is 13.7. The first-order valence-corrected chi connectivity index (χ1v) is 4.26. The average molecular weight is 169 g/mol. The smallest absolute Gasteiger partial charge is 0.244 e. The second kappa shape index (κ2) is 3.74. The van der Waals surface area contributed by atoms with Gasteiger partial charge in [-0.25, -0.2) is 0 Å². The second-order valence-corrected chi connectivity index (χ2v) is 4.17. The first-order chi connectivity index (χ1) is 5.27. The van der Waals surface area contributed by atoms with Crippen molar-refractivity contribution in [2.24, 2.45) is 17.1 Å². The molecule has 0 saturated carbocycles. The zero-order chi connectivity index (χ0) is 9.94. The van der Waals surface area contributed by atoms with E-state index >= 15 is 0 Å². The van der Waals surface area contributed by atoms with E-state index in [4.69, 9.17) is 5.73 Å². The second-order valence-electron chi connectivity index (χ2n) is 4.17. The van der Waals surface area contributed by atoms with Gasteiger partial charge in [0, 0.05) is 5.57 Å². The summed E-state index contributed by atoms with van der Waals surface area (Å²) < 4.78 is 0. The quantitative estimate of drug-likeness (QED) is 0.646. The summed E-state index contributed by atoms with van der Waals surface area (Å²) in [5.74, 6) is 0.176. The Labute approximate surface area is 74.8 Å². The molecule has 1 amide bonds. The first-order valence-electron chi connectivity index (χ1n) is 4.26. The Morgan fingerprint density at radius 3 is 2.08 bits per heavy atom. The van der Waals surface area contributed by atoms with E-state index in [-0.39, 0.29) is 11.3 Å². The van der Waals surface area contributed by atoms with Crippen molar-refractivity contribution in [1.29, 1.82) is 0 Å². The maximum atomic E-state index is 10.8. The van der Waals surface area contributed by atoms with Crippen molar-refractivity contribution in [1.82, 2.24) is 0 Å². The number of carbonyl (C=O) groups is 1. The molecule has 2 heteroatoms. The average Bonchev–Trinajstić information content (AvgIpc) is 1.85. The molecule has 0 unspecified atom stereocenters. The number of amides is 1. The number of hydrogen-bond donors (Lipinski definition) is 1. The van der Waals surface area contributed by atoms with Gasteiger partial charge in [0.05, 0.1) is 0 Å². The summed E-state index contributed by atoms with van der Waals surface area (Å²) in [7, 11) is 0. The summed E-state index contributed by atoms with van der Waals surface area (Å²) in [6.45, 7) is 10.2. The molecule has 0 aliphatic carbocycles. The van der Waals surface area contributed by atoms with Crippen molar-refractivity contribution >= 4 is 5.91 Å². The van der Waals surface area contributed by atoms with Crippen LogP contribution in [0, 0.1) is 11.3 Å². The van der Waals surface area contributed by atoms with Crippen LogP contribution in [0.4, 0.5) is 0 Å². The Bertz CT molecular complexity index is 202. The summed E-state index contributed by atoms with van der Waals surface area (Å²) >= 11 is 0. The number of allylic oxidation sites excluding steroid dienone is 1. The third-order valence-electron chi connectivity index (χ3n) is 2.47. The van der Waals surface area contributed by atoms with Gasteiger partial charge < -0.3 is 5.73 Å². The lowest BCUT2D eigenvalue weighted by Crippen LogP contribution is -2.20. The Morgan fingerprint density at radius 1 is 1.42 bits per heavy atom. The molecule has 70 valence electrons. The summed E-state index contributed by atoms with van der Waals surface area (Å²) in [5, 5.41) is 0. The highest BCUT2D eigenvalue weighted by molar-refractivity contribution is 5.91. The van der Waals surface area contributed by atoms with Crippen molar-refractivity contribution < 1.29 is 4.79 Å². The molecule has 0 bridgehead atoms. The fourth-order valence-corrected chi connectivity index (χ4v) is 0.796. The van der Waals surface area contributed by atoms with Crippen LogP contribution in [-0.4, -0.2) is 5.91 Å². The van der Waals surface area contributed by atoms with Crippen LogP contribution in [0.2, 0.25) is 0 Å². The number of rotatable bonds is 3. The summed E-state index contributed by atoms with van der Waals surface area (Å²) in [5.41, 5.74) is 5.82. The van der Waals surface area contributed by atoms with Crippen LogP contribution in [0.3, 0.4) is 0 Å². The molecule has 0 rings (SSSR count). The lowest BCUT2D eigenvalue weighted by molar-refractivity contribution is -0.114. The third kappa shape index (κ3) is 3.07. The Kier molecular flexibility index (Phi) is 3.50. The molecule has 2 N–H and O–H groups in total. The summed E-state index contributed by atoms with van der Waals surface area (Å²) in [4.78, 5) is 10.8. The highest BCUT2D eigenvalue weighted by Crippen LogP contribution is 2.28. The lowest BCUT2D eigenvalue weighted by atomic mass is 9.80. The van der Waals surface area contributed by atoms with Gasteiger partial charge in [0.15, 0.2) is 0 Å². The van der Waals surface area contributed by atoms with Crippen LogP contribution in [0.15, 0.2) is 11.6 Å². The first kappa shape index (κ1) is 11.2. The predicted molar refractivity (Wildman–Crippen MR) is 51.6 cm³/mol. The largest absolute Gasteiger partial charge is 0.366 e. The maximum absolute atomic E-state index is 10.8. The van der Waals surface area contributed by atoms with Crippen molar-refractivity contribution in [3.05, 3.63) is 11.6 Å². The van der Waals surface area contributed by atoms with Crippen LogP contribution in [0.25, 0.3) is 0 Å². The molecule has 0 aliphatic rings. The SMILES string of the molecule is CC(=CC(C)(C)C(C)C)C(N)=O. The Hall–Kier alpha value is -0.790. The van der Waals surface area contributed by atoms with Gasteiger partial charge in [-0.2, -0.15) is 0 Å². The van der Waals surface area contributed by atoms with E-state index in [0.29, 0.717) is 11.5 Å². The maximum Gasteiger partial charge on any atom is 0.244 e. The molecular formula is C10H19NO. The van der Waals surface area contributed by atoms with Crippen molar-refractivity contribution in [2.75, 3.05) is 0 Å². The molecule has 0 aromatic carbocycles. The van der Waals surface area contributed by atoms with Crippen molar-refractivity contribution in [3.63, 3.8) is 0 Å². The topological polar surface area (TPSA) is 43.1 Å². The summed E-state index contributed by atoms with van der Waals surface area (Å²) in [6, 6.07) is 0. The van der Waals surface area contributed by atoms with E-state index in [2.05, 4.69) is 27.7 Å². The zero-order valence-corrected chi connectivity index (χ0v) is 8.64. The van der Waals surface area contributed by atoms with Crippen LogP contribution in [-0.2, 0) is 4.79 Å². The molecule has 0 aromatic heterocycles. The summed E-state index contributed by atoms with van der Waals surface area (Å²) in [6.07, 6.45) is 1.94. The fraction of sp³-hybridized carbons (Fsp3) is 0.700. The molecule has 0 radical (unpaired) electrons. The number of nitrogens with two attached hydrogens (primary N) is 1. The van der Waals surface area contributed by atoms with Crippen molar-refractivity contribution in [2.45, 2.75) is 34.6 Å². The molecule has 0 atom stereocenters.